The lowest BCUT2D eigenvalue weighted by Gasteiger charge is -2.09. The number of nitrogens with zero attached hydrogens (tertiary/aromatic N) is 2. The molecule has 0 fully saturated rings. The molecule has 0 spiro atoms. The van der Waals surface area contributed by atoms with Gasteiger partial charge in [-0.3, -0.25) is 4.79 Å². The summed E-state index contributed by atoms with van der Waals surface area (Å²) < 4.78 is 1.82. The summed E-state index contributed by atoms with van der Waals surface area (Å²) in [6.07, 6.45) is 3.40. The highest BCUT2D eigenvalue weighted by molar-refractivity contribution is 5.76. The zero-order valence-corrected chi connectivity index (χ0v) is 9.47. The van der Waals surface area contributed by atoms with Gasteiger partial charge in [-0.15, -0.1) is 0 Å². The van der Waals surface area contributed by atoms with Crippen molar-refractivity contribution < 1.29 is 4.79 Å². The van der Waals surface area contributed by atoms with Gasteiger partial charge in [-0.25, -0.2) is 4.68 Å². The van der Waals surface area contributed by atoms with Gasteiger partial charge < -0.3 is 0 Å². The number of carbonyl (C=O) groups is 1. The SMILES string of the molecule is CCc1ccccc1-n1ncc(C=O)c1C. The molecular formula is C13H14N2O. The Kier molecular flexibility index (Phi) is 2.86. The fourth-order valence-corrected chi connectivity index (χ4v) is 1.80. The van der Waals surface area contributed by atoms with Crippen molar-refractivity contribution in [3.8, 4) is 5.69 Å². The fourth-order valence-electron chi connectivity index (χ4n) is 1.80. The minimum absolute atomic E-state index is 0.644. The molecule has 0 aliphatic carbocycles. The number of rotatable bonds is 3. The Morgan fingerprint density at radius 1 is 1.38 bits per heavy atom. The molecule has 0 N–H and O–H groups in total. The lowest BCUT2D eigenvalue weighted by molar-refractivity contribution is 0.112. The van der Waals surface area contributed by atoms with Crippen LogP contribution < -0.4 is 0 Å². The molecule has 1 heterocycles. The van der Waals surface area contributed by atoms with Crippen LogP contribution in [0, 0.1) is 6.92 Å². The molecule has 2 rings (SSSR count). The molecule has 0 aliphatic rings. The van der Waals surface area contributed by atoms with Crippen LogP contribution in [0.1, 0.15) is 28.5 Å². The lowest BCUT2D eigenvalue weighted by Crippen LogP contribution is -2.02. The third-order valence-corrected chi connectivity index (χ3v) is 2.78. The summed E-state index contributed by atoms with van der Waals surface area (Å²) in [5, 5.41) is 4.25. The predicted octanol–water partition coefficient (Wildman–Crippen LogP) is 2.56. The van der Waals surface area contributed by atoms with Crippen molar-refractivity contribution in [2.75, 3.05) is 0 Å². The Balaban J connectivity index is 2.58. The van der Waals surface area contributed by atoms with Gasteiger partial charge in [0.2, 0.25) is 0 Å². The van der Waals surface area contributed by atoms with E-state index in [1.54, 1.807) is 6.20 Å². The average molecular weight is 214 g/mol. The highest BCUT2D eigenvalue weighted by Gasteiger charge is 2.09. The normalized spacial score (nSPS) is 10.4. The summed E-state index contributed by atoms with van der Waals surface area (Å²) >= 11 is 0. The van der Waals surface area contributed by atoms with Crippen LogP contribution in [0.5, 0.6) is 0 Å². The number of hydrogen-bond donors (Lipinski definition) is 0. The van der Waals surface area contributed by atoms with Gasteiger partial charge in [0.1, 0.15) is 0 Å². The van der Waals surface area contributed by atoms with Crippen molar-refractivity contribution in [2.45, 2.75) is 20.3 Å². The second-order valence-corrected chi connectivity index (χ2v) is 3.70. The first-order valence-corrected chi connectivity index (χ1v) is 5.36. The van der Waals surface area contributed by atoms with Crippen molar-refractivity contribution >= 4 is 6.29 Å². The minimum Gasteiger partial charge on any atom is -0.298 e. The number of aryl methyl sites for hydroxylation is 1. The molecule has 0 aliphatic heterocycles. The van der Waals surface area contributed by atoms with E-state index in [1.807, 2.05) is 29.8 Å². The van der Waals surface area contributed by atoms with Gasteiger partial charge in [0, 0.05) is 0 Å². The van der Waals surface area contributed by atoms with Crippen molar-refractivity contribution in [1.29, 1.82) is 0 Å². The van der Waals surface area contributed by atoms with E-state index >= 15 is 0 Å². The minimum atomic E-state index is 0.644. The molecule has 16 heavy (non-hydrogen) atoms. The Labute approximate surface area is 94.7 Å². The molecular weight excluding hydrogens is 200 g/mol. The molecule has 3 nitrogen and oxygen atoms in total. The molecule has 0 saturated heterocycles. The summed E-state index contributed by atoms with van der Waals surface area (Å²) in [6.45, 7) is 4.02. The number of carbonyl (C=O) groups excluding carboxylic acids is 1. The van der Waals surface area contributed by atoms with Crippen LogP contribution in [-0.4, -0.2) is 16.1 Å². The molecule has 1 aromatic carbocycles. The van der Waals surface area contributed by atoms with Crippen molar-refractivity contribution in [1.82, 2.24) is 9.78 Å². The molecule has 2 aromatic rings. The van der Waals surface area contributed by atoms with Crippen LogP contribution in [-0.2, 0) is 6.42 Å². The Bertz CT molecular complexity index is 514. The maximum Gasteiger partial charge on any atom is 0.153 e. The summed E-state index contributed by atoms with van der Waals surface area (Å²) in [5.74, 6) is 0. The van der Waals surface area contributed by atoms with Gasteiger partial charge in [-0.2, -0.15) is 5.10 Å². The first-order chi connectivity index (χ1) is 7.77. The molecule has 0 unspecified atom stereocenters. The maximum atomic E-state index is 10.8. The quantitative estimate of drug-likeness (QED) is 0.736. The predicted molar refractivity (Wildman–Crippen MR) is 63.1 cm³/mol. The second-order valence-electron chi connectivity index (χ2n) is 3.70. The monoisotopic (exact) mass is 214 g/mol. The van der Waals surface area contributed by atoms with Crippen molar-refractivity contribution in [3.63, 3.8) is 0 Å². The number of aromatic nitrogens is 2. The standard InChI is InChI=1S/C13H14N2O/c1-3-11-6-4-5-7-13(11)15-10(2)12(9-16)8-14-15/h4-9H,3H2,1-2H3. The summed E-state index contributed by atoms with van der Waals surface area (Å²) in [6, 6.07) is 8.10. The fraction of sp³-hybridized carbons (Fsp3) is 0.231. The number of hydrogen-bond acceptors (Lipinski definition) is 2. The van der Waals surface area contributed by atoms with Gasteiger partial charge in [0.25, 0.3) is 0 Å². The van der Waals surface area contributed by atoms with Crippen LogP contribution in [0.3, 0.4) is 0 Å². The number of benzene rings is 1. The lowest BCUT2D eigenvalue weighted by atomic mass is 10.1. The summed E-state index contributed by atoms with van der Waals surface area (Å²) in [7, 11) is 0. The zero-order chi connectivity index (χ0) is 11.5. The van der Waals surface area contributed by atoms with Gasteiger partial charge >= 0.3 is 0 Å². The first kappa shape index (κ1) is 10.6. The van der Waals surface area contributed by atoms with Crippen molar-refractivity contribution in [2.24, 2.45) is 0 Å². The summed E-state index contributed by atoms with van der Waals surface area (Å²) in [5.41, 5.74) is 3.81. The highest BCUT2D eigenvalue weighted by atomic mass is 16.1. The molecule has 0 radical (unpaired) electrons. The van der Waals surface area contributed by atoms with E-state index in [9.17, 15) is 4.79 Å². The largest absolute Gasteiger partial charge is 0.298 e. The van der Waals surface area contributed by atoms with E-state index in [0.29, 0.717) is 5.56 Å². The van der Waals surface area contributed by atoms with E-state index in [4.69, 9.17) is 0 Å². The molecule has 0 atom stereocenters. The summed E-state index contributed by atoms with van der Waals surface area (Å²) in [4.78, 5) is 10.8. The van der Waals surface area contributed by atoms with E-state index in [2.05, 4.69) is 18.1 Å². The highest BCUT2D eigenvalue weighted by Crippen LogP contribution is 2.17. The molecule has 0 bridgehead atoms. The first-order valence-electron chi connectivity index (χ1n) is 5.36. The van der Waals surface area contributed by atoms with Crippen LogP contribution in [0.4, 0.5) is 0 Å². The van der Waals surface area contributed by atoms with Gasteiger partial charge in [-0.1, -0.05) is 25.1 Å². The number of aldehydes is 1. The molecule has 3 heteroatoms. The van der Waals surface area contributed by atoms with Crippen LogP contribution in [0.25, 0.3) is 5.69 Å². The van der Waals surface area contributed by atoms with E-state index < -0.39 is 0 Å². The van der Waals surface area contributed by atoms with E-state index in [-0.39, 0.29) is 0 Å². The Hall–Kier alpha value is -1.90. The molecule has 0 saturated carbocycles. The van der Waals surface area contributed by atoms with E-state index in [0.717, 1.165) is 24.1 Å². The Morgan fingerprint density at radius 3 is 2.75 bits per heavy atom. The van der Waals surface area contributed by atoms with Crippen molar-refractivity contribution in [3.05, 3.63) is 47.3 Å². The molecule has 0 amide bonds. The third-order valence-electron chi connectivity index (χ3n) is 2.78. The average Bonchev–Trinajstić information content (AvgIpc) is 2.70. The van der Waals surface area contributed by atoms with Crippen LogP contribution in [0.2, 0.25) is 0 Å². The molecule has 82 valence electrons. The topological polar surface area (TPSA) is 34.9 Å². The molecule has 1 aromatic heterocycles. The number of para-hydroxylation sites is 1. The van der Waals surface area contributed by atoms with Gasteiger partial charge in [-0.05, 0) is 25.0 Å². The van der Waals surface area contributed by atoms with Gasteiger partial charge in [0.15, 0.2) is 6.29 Å². The van der Waals surface area contributed by atoms with E-state index in [1.165, 1.54) is 5.56 Å². The van der Waals surface area contributed by atoms with Gasteiger partial charge in [0.05, 0.1) is 23.1 Å². The zero-order valence-electron chi connectivity index (χ0n) is 9.47. The van der Waals surface area contributed by atoms with Crippen LogP contribution in [0.15, 0.2) is 30.5 Å². The van der Waals surface area contributed by atoms with Crippen LogP contribution >= 0.6 is 0 Å². The maximum absolute atomic E-state index is 10.8. The smallest absolute Gasteiger partial charge is 0.153 e. The Morgan fingerprint density at radius 2 is 2.12 bits per heavy atom. The second kappa shape index (κ2) is 4.31. The third kappa shape index (κ3) is 1.65.